The van der Waals surface area contributed by atoms with E-state index in [9.17, 15) is 4.79 Å². The Morgan fingerprint density at radius 1 is 1.53 bits per heavy atom. The van der Waals surface area contributed by atoms with Gasteiger partial charge >= 0.3 is 0 Å². The molecule has 2 aliphatic rings. The van der Waals surface area contributed by atoms with E-state index in [0.717, 1.165) is 31.9 Å². The Hall–Kier alpha value is -0.260. The fraction of sp³-hybridized carbons (Fsp3) is 0.917. The third kappa shape index (κ3) is 2.95. The lowest BCUT2D eigenvalue weighted by Gasteiger charge is -2.47. The summed E-state index contributed by atoms with van der Waals surface area (Å²) in [5.41, 5.74) is 0. The van der Waals surface area contributed by atoms with Gasteiger partial charge in [-0.2, -0.15) is 0 Å². The van der Waals surface area contributed by atoms with E-state index in [2.05, 4.69) is 0 Å². The second-order valence-electron chi connectivity index (χ2n) is 5.26. The molecule has 2 rings (SSSR count). The Bertz CT molecular complexity index is 290. The standard InChI is InChI=1S/C12H22N2O2S/c1-4-16-10-5-12(17-7-10)8-14(9-12)11(15)6-13(2)3/h10H,4-9H2,1-3H3/t10-/m0/s1. The van der Waals surface area contributed by atoms with Crippen molar-refractivity contribution in [2.75, 3.05) is 46.1 Å². The molecule has 1 amide bonds. The highest BCUT2D eigenvalue weighted by atomic mass is 32.2. The summed E-state index contributed by atoms with van der Waals surface area (Å²) >= 11 is 1.99. The van der Waals surface area contributed by atoms with Gasteiger partial charge in [-0.3, -0.25) is 4.79 Å². The first-order valence-electron chi connectivity index (χ1n) is 6.23. The fourth-order valence-corrected chi connectivity index (χ4v) is 4.11. The van der Waals surface area contributed by atoms with Crippen LogP contribution in [0.1, 0.15) is 13.3 Å². The van der Waals surface area contributed by atoms with Crippen molar-refractivity contribution in [3.63, 3.8) is 0 Å². The van der Waals surface area contributed by atoms with Crippen LogP contribution in [-0.2, 0) is 9.53 Å². The fourth-order valence-electron chi connectivity index (χ4n) is 2.56. The minimum atomic E-state index is 0.251. The van der Waals surface area contributed by atoms with Gasteiger partial charge in [0.15, 0.2) is 0 Å². The maximum absolute atomic E-state index is 11.8. The van der Waals surface area contributed by atoms with Crippen LogP contribution in [-0.4, -0.2) is 72.6 Å². The van der Waals surface area contributed by atoms with Gasteiger partial charge < -0.3 is 14.5 Å². The maximum Gasteiger partial charge on any atom is 0.236 e. The maximum atomic E-state index is 11.8. The van der Waals surface area contributed by atoms with Crippen LogP contribution in [0.5, 0.6) is 0 Å². The summed E-state index contributed by atoms with van der Waals surface area (Å²) in [6.07, 6.45) is 1.51. The minimum Gasteiger partial charge on any atom is -0.378 e. The summed E-state index contributed by atoms with van der Waals surface area (Å²) in [5, 5.41) is 0. The largest absolute Gasteiger partial charge is 0.378 e. The van der Waals surface area contributed by atoms with Crippen LogP contribution in [0.4, 0.5) is 0 Å². The molecule has 2 heterocycles. The summed E-state index contributed by atoms with van der Waals surface area (Å²) in [7, 11) is 3.87. The molecule has 98 valence electrons. The van der Waals surface area contributed by atoms with E-state index >= 15 is 0 Å². The second kappa shape index (κ2) is 5.16. The molecule has 0 bridgehead atoms. The van der Waals surface area contributed by atoms with E-state index < -0.39 is 0 Å². The Morgan fingerprint density at radius 3 is 2.82 bits per heavy atom. The van der Waals surface area contributed by atoms with E-state index in [-0.39, 0.29) is 5.91 Å². The van der Waals surface area contributed by atoms with Crippen molar-refractivity contribution in [1.29, 1.82) is 0 Å². The third-order valence-corrected chi connectivity index (χ3v) is 4.92. The quantitative estimate of drug-likeness (QED) is 0.742. The number of carbonyl (C=O) groups is 1. The molecule has 0 aromatic heterocycles. The number of hydrogen-bond acceptors (Lipinski definition) is 4. The van der Waals surface area contributed by atoms with Crippen molar-refractivity contribution in [2.45, 2.75) is 24.2 Å². The first kappa shape index (κ1) is 13.2. The Balaban J connectivity index is 1.77. The number of thioether (sulfide) groups is 1. The zero-order valence-corrected chi connectivity index (χ0v) is 11.8. The molecule has 17 heavy (non-hydrogen) atoms. The predicted octanol–water partition coefficient (Wildman–Crippen LogP) is 0.671. The van der Waals surface area contributed by atoms with Gasteiger partial charge in [0.25, 0.3) is 0 Å². The molecular formula is C12H22N2O2S. The molecule has 0 aromatic rings. The number of carbonyl (C=O) groups excluding carboxylic acids is 1. The monoisotopic (exact) mass is 258 g/mol. The van der Waals surface area contributed by atoms with Crippen LogP contribution in [0, 0.1) is 0 Å². The number of hydrogen-bond donors (Lipinski definition) is 0. The van der Waals surface area contributed by atoms with Gasteiger partial charge in [-0.1, -0.05) is 0 Å². The Morgan fingerprint density at radius 2 is 2.24 bits per heavy atom. The average molecular weight is 258 g/mol. The third-order valence-electron chi connectivity index (χ3n) is 3.34. The zero-order chi connectivity index (χ0) is 12.5. The van der Waals surface area contributed by atoms with Crippen molar-refractivity contribution in [1.82, 2.24) is 9.80 Å². The molecule has 0 unspecified atom stereocenters. The number of nitrogens with zero attached hydrogens (tertiary/aromatic N) is 2. The highest BCUT2D eigenvalue weighted by Crippen LogP contribution is 2.45. The number of ether oxygens (including phenoxy) is 1. The summed E-state index contributed by atoms with van der Waals surface area (Å²) in [6, 6.07) is 0. The van der Waals surface area contributed by atoms with Gasteiger partial charge in [0, 0.05) is 25.4 Å². The SMILES string of the molecule is CCO[C@@H]1CSC2(C1)CN(C(=O)CN(C)C)C2. The van der Waals surface area contributed by atoms with Crippen LogP contribution in [0.2, 0.25) is 0 Å². The van der Waals surface area contributed by atoms with Gasteiger partial charge in [0.2, 0.25) is 5.91 Å². The van der Waals surface area contributed by atoms with Crippen molar-refractivity contribution in [3.8, 4) is 0 Å². The lowest BCUT2D eigenvalue weighted by atomic mass is 9.93. The normalized spacial score (nSPS) is 26.6. The number of likely N-dealkylation sites (N-methyl/N-ethyl adjacent to an activating group) is 1. The van der Waals surface area contributed by atoms with E-state index in [1.54, 1.807) is 0 Å². The highest BCUT2D eigenvalue weighted by molar-refractivity contribution is 8.01. The molecule has 4 nitrogen and oxygen atoms in total. The topological polar surface area (TPSA) is 32.8 Å². The van der Waals surface area contributed by atoms with Crippen LogP contribution in [0.15, 0.2) is 0 Å². The molecule has 0 aliphatic carbocycles. The lowest BCUT2D eigenvalue weighted by molar-refractivity contribution is -0.137. The van der Waals surface area contributed by atoms with Gasteiger partial charge in [0.05, 0.1) is 17.4 Å². The van der Waals surface area contributed by atoms with Gasteiger partial charge in [-0.25, -0.2) is 0 Å². The zero-order valence-electron chi connectivity index (χ0n) is 10.9. The van der Waals surface area contributed by atoms with Crippen molar-refractivity contribution >= 4 is 17.7 Å². The smallest absolute Gasteiger partial charge is 0.236 e. The lowest BCUT2D eigenvalue weighted by Crippen LogP contribution is -2.62. The highest BCUT2D eigenvalue weighted by Gasteiger charge is 2.50. The first-order chi connectivity index (χ1) is 8.04. The van der Waals surface area contributed by atoms with E-state index in [4.69, 9.17) is 4.74 Å². The van der Waals surface area contributed by atoms with Crippen molar-refractivity contribution in [3.05, 3.63) is 0 Å². The summed E-state index contributed by atoms with van der Waals surface area (Å²) in [5.74, 6) is 1.34. The summed E-state index contributed by atoms with van der Waals surface area (Å²) in [4.78, 5) is 15.7. The van der Waals surface area contributed by atoms with E-state index in [1.165, 1.54) is 0 Å². The molecular weight excluding hydrogens is 236 g/mol. The molecule has 2 aliphatic heterocycles. The molecule has 2 saturated heterocycles. The molecule has 1 spiro atoms. The van der Waals surface area contributed by atoms with Crippen LogP contribution in [0.25, 0.3) is 0 Å². The molecule has 0 aromatic carbocycles. The van der Waals surface area contributed by atoms with Gasteiger partial charge in [-0.15, -0.1) is 11.8 Å². The van der Waals surface area contributed by atoms with Crippen molar-refractivity contribution < 1.29 is 9.53 Å². The van der Waals surface area contributed by atoms with Crippen LogP contribution >= 0.6 is 11.8 Å². The summed E-state index contributed by atoms with van der Waals surface area (Å²) < 4.78 is 5.97. The molecule has 0 N–H and O–H groups in total. The van der Waals surface area contributed by atoms with Crippen LogP contribution in [0.3, 0.4) is 0 Å². The van der Waals surface area contributed by atoms with E-state index in [0.29, 0.717) is 17.4 Å². The summed E-state index contributed by atoms with van der Waals surface area (Å²) in [6.45, 7) is 5.19. The molecule has 2 fully saturated rings. The molecule has 0 saturated carbocycles. The number of amides is 1. The Kier molecular flexibility index (Phi) is 4.00. The van der Waals surface area contributed by atoms with Gasteiger partial charge in [0.1, 0.15) is 0 Å². The molecule has 1 atom stereocenters. The predicted molar refractivity (Wildman–Crippen MR) is 70.4 cm³/mol. The minimum absolute atomic E-state index is 0.251. The van der Waals surface area contributed by atoms with E-state index in [1.807, 2.05) is 42.6 Å². The number of likely N-dealkylation sites (tertiary alicyclic amines) is 1. The van der Waals surface area contributed by atoms with Crippen molar-refractivity contribution in [2.24, 2.45) is 0 Å². The average Bonchev–Trinajstić information content (AvgIpc) is 2.59. The van der Waals surface area contributed by atoms with Gasteiger partial charge in [-0.05, 0) is 27.4 Å². The first-order valence-corrected chi connectivity index (χ1v) is 7.21. The molecule has 5 heteroatoms. The number of rotatable bonds is 4. The Labute approximate surface area is 108 Å². The molecule has 0 radical (unpaired) electrons. The van der Waals surface area contributed by atoms with Crippen LogP contribution < -0.4 is 0 Å². The second-order valence-corrected chi connectivity index (χ2v) is 6.75.